The van der Waals surface area contributed by atoms with Gasteiger partial charge in [0.2, 0.25) is 0 Å². The fourth-order valence-corrected chi connectivity index (χ4v) is 4.28. The van der Waals surface area contributed by atoms with E-state index in [-0.39, 0.29) is 5.56 Å². The van der Waals surface area contributed by atoms with Gasteiger partial charge in [-0.25, -0.2) is 0 Å². The van der Waals surface area contributed by atoms with Crippen molar-refractivity contribution in [1.29, 1.82) is 0 Å². The Morgan fingerprint density at radius 3 is 2.81 bits per heavy atom. The van der Waals surface area contributed by atoms with E-state index in [0.717, 1.165) is 58.9 Å². The van der Waals surface area contributed by atoms with Crippen molar-refractivity contribution in [3.63, 3.8) is 0 Å². The van der Waals surface area contributed by atoms with Crippen LogP contribution in [-0.4, -0.2) is 41.3 Å². The van der Waals surface area contributed by atoms with Crippen molar-refractivity contribution in [3.8, 4) is 11.1 Å². The van der Waals surface area contributed by atoms with E-state index in [2.05, 4.69) is 36.7 Å². The zero-order chi connectivity index (χ0) is 21.0. The van der Waals surface area contributed by atoms with Gasteiger partial charge in [-0.05, 0) is 53.9 Å². The summed E-state index contributed by atoms with van der Waals surface area (Å²) < 4.78 is 8.64. The number of nitrogens with zero attached hydrogens (tertiary/aromatic N) is 3. The SMILES string of the molecule is O=c1[nH]cc(-c2ccc3nccc(N4CCOCC4)c3c2)cc1NSc1cccnc1. The number of ether oxygens (including phenoxy) is 1. The van der Waals surface area contributed by atoms with E-state index in [4.69, 9.17) is 4.74 Å². The summed E-state index contributed by atoms with van der Waals surface area (Å²) in [5.74, 6) is 0. The van der Waals surface area contributed by atoms with Crippen LogP contribution in [0.5, 0.6) is 0 Å². The van der Waals surface area contributed by atoms with Gasteiger partial charge in [-0.1, -0.05) is 6.07 Å². The third-order valence-electron chi connectivity index (χ3n) is 5.22. The molecule has 7 nitrogen and oxygen atoms in total. The molecule has 0 spiro atoms. The first kappa shape index (κ1) is 19.6. The van der Waals surface area contributed by atoms with Crippen LogP contribution in [0.1, 0.15) is 0 Å². The average molecular weight is 432 g/mol. The van der Waals surface area contributed by atoms with Crippen molar-refractivity contribution in [3.05, 3.63) is 77.6 Å². The highest BCUT2D eigenvalue weighted by Gasteiger charge is 2.15. The predicted octanol–water partition coefficient (Wildman–Crippen LogP) is 3.94. The Labute approximate surface area is 183 Å². The first-order valence-corrected chi connectivity index (χ1v) is 10.9. The fourth-order valence-electron chi connectivity index (χ4n) is 3.64. The van der Waals surface area contributed by atoms with Crippen LogP contribution in [0.2, 0.25) is 0 Å². The van der Waals surface area contributed by atoms with Crippen LogP contribution in [0.3, 0.4) is 0 Å². The van der Waals surface area contributed by atoms with Crippen LogP contribution in [0.15, 0.2) is 76.9 Å². The molecule has 0 atom stereocenters. The van der Waals surface area contributed by atoms with Crippen LogP contribution >= 0.6 is 11.9 Å². The summed E-state index contributed by atoms with van der Waals surface area (Å²) in [6, 6.07) is 13.9. The van der Waals surface area contributed by atoms with Gasteiger partial charge in [0.25, 0.3) is 5.56 Å². The number of fused-ring (bicyclic) bond motifs is 1. The zero-order valence-electron chi connectivity index (χ0n) is 16.7. The van der Waals surface area contributed by atoms with Crippen molar-refractivity contribution < 1.29 is 4.74 Å². The molecule has 1 fully saturated rings. The van der Waals surface area contributed by atoms with Crippen molar-refractivity contribution in [2.75, 3.05) is 35.9 Å². The largest absolute Gasteiger partial charge is 0.378 e. The molecule has 31 heavy (non-hydrogen) atoms. The van der Waals surface area contributed by atoms with Gasteiger partial charge in [-0.15, -0.1) is 0 Å². The second-order valence-electron chi connectivity index (χ2n) is 7.19. The Hall–Kier alpha value is -3.36. The third-order valence-corrected chi connectivity index (χ3v) is 6.02. The van der Waals surface area contributed by atoms with Crippen LogP contribution in [0.25, 0.3) is 22.0 Å². The molecule has 3 aromatic heterocycles. The van der Waals surface area contributed by atoms with Crippen molar-refractivity contribution >= 4 is 34.2 Å². The Bertz CT molecular complexity index is 1260. The van der Waals surface area contributed by atoms with Gasteiger partial charge in [-0.2, -0.15) is 0 Å². The van der Waals surface area contributed by atoms with E-state index in [1.807, 2.05) is 36.5 Å². The Morgan fingerprint density at radius 1 is 1.06 bits per heavy atom. The number of benzene rings is 1. The Balaban J connectivity index is 1.48. The highest BCUT2D eigenvalue weighted by molar-refractivity contribution is 8.00. The summed E-state index contributed by atoms with van der Waals surface area (Å²) in [6.07, 6.45) is 7.06. The molecule has 0 saturated carbocycles. The molecule has 1 saturated heterocycles. The standard InChI is InChI=1S/C23H21N5O2S/c29-23-21(27-31-18-2-1-6-24-15-18)13-17(14-26-23)16-3-4-20-19(12-16)22(5-7-25-20)28-8-10-30-11-9-28/h1-7,12-15,27H,8-11H2,(H,26,29). The van der Waals surface area contributed by atoms with Gasteiger partial charge in [0.1, 0.15) is 5.69 Å². The van der Waals surface area contributed by atoms with E-state index in [1.165, 1.54) is 11.9 Å². The minimum atomic E-state index is -0.170. The van der Waals surface area contributed by atoms with E-state index >= 15 is 0 Å². The van der Waals surface area contributed by atoms with Crippen molar-refractivity contribution in [1.82, 2.24) is 15.0 Å². The number of aromatic nitrogens is 3. The lowest BCUT2D eigenvalue weighted by molar-refractivity contribution is 0.123. The van der Waals surface area contributed by atoms with Gasteiger partial charge in [0.05, 0.1) is 18.7 Å². The molecular weight excluding hydrogens is 410 g/mol. The maximum absolute atomic E-state index is 12.3. The minimum absolute atomic E-state index is 0.170. The minimum Gasteiger partial charge on any atom is -0.378 e. The van der Waals surface area contributed by atoms with E-state index in [0.29, 0.717) is 5.69 Å². The maximum Gasteiger partial charge on any atom is 0.272 e. The van der Waals surface area contributed by atoms with E-state index in [9.17, 15) is 4.79 Å². The van der Waals surface area contributed by atoms with Gasteiger partial charge in [-0.3, -0.25) is 14.8 Å². The summed E-state index contributed by atoms with van der Waals surface area (Å²) in [4.78, 5) is 27.1. The topological polar surface area (TPSA) is 83.1 Å². The van der Waals surface area contributed by atoms with Gasteiger partial charge < -0.3 is 19.3 Å². The molecule has 5 rings (SSSR count). The van der Waals surface area contributed by atoms with Crippen molar-refractivity contribution in [2.45, 2.75) is 4.90 Å². The lowest BCUT2D eigenvalue weighted by atomic mass is 10.0. The summed E-state index contributed by atoms with van der Waals surface area (Å²) in [5.41, 5.74) is 4.36. The summed E-state index contributed by atoms with van der Waals surface area (Å²) in [5, 5.41) is 1.09. The third kappa shape index (κ3) is 4.26. The van der Waals surface area contributed by atoms with Gasteiger partial charge in [0.15, 0.2) is 0 Å². The number of aromatic amines is 1. The quantitative estimate of drug-likeness (QED) is 0.463. The number of hydrogen-bond acceptors (Lipinski definition) is 7. The molecule has 0 radical (unpaired) electrons. The number of pyridine rings is 3. The second kappa shape index (κ2) is 8.79. The van der Waals surface area contributed by atoms with Crippen LogP contribution < -0.4 is 15.2 Å². The maximum atomic E-state index is 12.3. The average Bonchev–Trinajstić information content (AvgIpc) is 2.84. The summed E-state index contributed by atoms with van der Waals surface area (Å²) in [7, 11) is 0. The number of anilines is 2. The molecule has 1 aliphatic rings. The number of H-pyrrole nitrogens is 1. The predicted molar refractivity (Wildman–Crippen MR) is 125 cm³/mol. The summed E-state index contributed by atoms with van der Waals surface area (Å²) >= 11 is 1.35. The number of morpholine rings is 1. The molecule has 0 unspecified atom stereocenters. The molecule has 0 bridgehead atoms. The zero-order valence-corrected chi connectivity index (χ0v) is 17.6. The van der Waals surface area contributed by atoms with Crippen LogP contribution in [0, 0.1) is 0 Å². The highest BCUT2D eigenvalue weighted by atomic mass is 32.2. The molecular formula is C23H21N5O2S. The monoisotopic (exact) mass is 431 g/mol. The number of nitrogens with one attached hydrogen (secondary N) is 2. The first-order valence-electron chi connectivity index (χ1n) is 10.1. The molecule has 0 aliphatic carbocycles. The smallest absolute Gasteiger partial charge is 0.272 e. The Morgan fingerprint density at radius 2 is 1.97 bits per heavy atom. The molecule has 4 heterocycles. The molecule has 156 valence electrons. The number of rotatable bonds is 5. The highest BCUT2D eigenvalue weighted by Crippen LogP contribution is 2.31. The van der Waals surface area contributed by atoms with Gasteiger partial charge >= 0.3 is 0 Å². The van der Waals surface area contributed by atoms with Gasteiger partial charge in [0, 0.05) is 59.4 Å². The van der Waals surface area contributed by atoms with E-state index < -0.39 is 0 Å². The summed E-state index contributed by atoms with van der Waals surface area (Å²) in [6.45, 7) is 3.18. The van der Waals surface area contributed by atoms with Crippen LogP contribution in [0.4, 0.5) is 11.4 Å². The lowest BCUT2D eigenvalue weighted by Gasteiger charge is -2.29. The molecule has 8 heteroatoms. The molecule has 1 aliphatic heterocycles. The molecule has 0 amide bonds. The normalized spacial score (nSPS) is 14.0. The van der Waals surface area contributed by atoms with E-state index in [1.54, 1.807) is 18.6 Å². The molecule has 4 aromatic rings. The number of hydrogen-bond donors (Lipinski definition) is 2. The lowest BCUT2D eigenvalue weighted by Crippen LogP contribution is -2.36. The molecule has 1 aromatic carbocycles. The molecule has 2 N–H and O–H groups in total. The second-order valence-corrected chi connectivity index (χ2v) is 8.07. The fraction of sp³-hybridized carbons (Fsp3) is 0.174. The Kier molecular flexibility index (Phi) is 5.56. The van der Waals surface area contributed by atoms with Crippen LogP contribution in [-0.2, 0) is 4.74 Å². The first-order chi connectivity index (χ1) is 15.3. The van der Waals surface area contributed by atoms with Crippen molar-refractivity contribution in [2.24, 2.45) is 0 Å².